The van der Waals surface area contributed by atoms with Crippen molar-refractivity contribution in [1.29, 1.82) is 0 Å². The van der Waals surface area contributed by atoms with E-state index in [-0.39, 0.29) is 35.8 Å². The van der Waals surface area contributed by atoms with Gasteiger partial charge in [-0.1, -0.05) is 32.9 Å². The maximum absolute atomic E-state index is 12.7. The van der Waals surface area contributed by atoms with Gasteiger partial charge in [0.1, 0.15) is 5.58 Å². The average molecular weight is 383 g/mol. The average Bonchev–Trinajstić information content (AvgIpc) is 3.09. The van der Waals surface area contributed by atoms with Crippen molar-refractivity contribution in [2.75, 3.05) is 13.2 Å². The summed E-state index contributed by atoms with van der Waals surface area (Å²) in [6.07, 6.45) is 4.91. The maximum atomic E-state index is 12.7. The molecule has 0 radical (unpaired) electrons. The number of rotatable bonds is 4. The number of hydrogen-bond donors (Lipinski definition) is 0. The molecule has 2 bridgehead atoms. The Labute approximate surface area is 166 Å². The molecule has 2 aromatic rings. The molecule has 28 heavy (non-hydrogen) atoms. The number of aryl methyl sites for hydroxylation is 1. The van der Waals surface area contributed by atoms with Gasteiger partial charge in [-0.2, -0.15) is 0 Å². The summed E-state index contributed by atoms with van der Waals surface area (Å²) in [6.45, 7) is 9.41. The Hall–Kier alpha value is -2.30. The fourth-order valence-corrected chi connectivity index (χ4v) is 5.51. The Morgan fingerprint density at radius 1 is 1.25 bits per heavy atom. The fraction of sp³-hybridized carbons (Fsp3) is 0.565. The summed E-state index contributed by atoms with van der Waals surface area (Å²) in [5.41, 5.74) is 3.09. The van der Waals surface area contributed by atoms with Gasteiger partial charge in [-0.25, -0.2) is 0 Å². The molecular weight excluding hydrogens is 354 g/mol. The summed E-state index contributed by atoms with van der Waals surface area (Å²) in [6, 6.07) is 6.15. The van der Waals surface area contributed by atoms with Crippen molar-refractivity contribution in [2.45, 2.75) is 59.4 Å². The van der Waals surface area contributed by atoms with Crippen molar-refractivity contribution in [3.63, 3.8) is 0 Å². The number of likely N-dealkylation sites (tertiary alicyclic amines) is 1. The van der Waals surface area contributed by atoms with Crippen LogP contribution in [-0.4, -0.2) is 36.0 Å². The predicted molar refractivity (Wildman–Crippen MR) is 107 cm³/mol. The minimum Gasteiger partial charge on any atom is -0.464 e. The Morgan fingerprint density at radius 2 is 2.04 bits per heavy atom. The molecule has 1 aliphatic heterocycles. The molecule has 1 aromatic carbocycles. The molecule has 0 unspecified atom stereocenters. The number of amides is 1. The van der Waals surface area contributed by atoms with Crippen LogP contribution in [0, 0.1) is 17.8 Å². The van der Waals surface area contributed by atoms with Crippen LogP contribution in [-0.2, 0) is 20.7 Å². The zero-order valence-corrected chi connectivity index (χ0v) is 17.2. The Balaban J connectivity index is 1.35. The number of carbonyl (C=O) groups is 2. The minimum atomic E-state index is -0.398. The Bertz CT molecular complexity index is 928. The molecule has 1 aliphatic carbocycles. The standard InChI is InChI=1S/C23H29NO4/c1-15-5-6-18-16(11-27-19(18)7-15)8-21(26)28-12-20(25)24-14-23(4)10-17(24)9-22(2,3)13-23/h5-7,11,17H,8-10,12-14H2,1-4H3/t17-,23-/m0/s1. The van der Waals surface area contributed by atoms with Crippen molar-refractivity contribution < 1.29 is 18.7 Å². The molecule has 5 nitrogen and oxygen atoms in total. The number of furan rings is 1. The van der Waals surface area contributed by atoms with E-state index in [0.29, 0.717) is 0 Å². The highest BCUT2D eigenvalue weighted by Gasteiger charge is 2.50. The number of nitrogens with zero attached hydrogens (tertiary/aromatic N) is 1. The molecule has 0 spiro atoms. The molecule has 2 heterocycles. The second-order valence-corrected chi connectivity index (χ2v) is 9.83. The van der Waals surface area contributed by atoms with Crippen LogP contribution >= 0.6 is 0 Å². The van der Waals surface area contributed by atoms with E-state index in [4.69, 9.17) is 9.15 Å². The number of fused-ring (bicyclic) bond motifs is 3. The van der Waals surface area contributed by atoms with Crippen LogP contribution in [0.5, 0.6) is 0 Å². The van der Waals surface area contributed by atoms with Gasteiger partial charge >= 0.3 is 5.97 Å². The number of hydrogen-bond acceptors (Lipinski definition) is 4. The molecule has 2 aliphatic rings. The number of ether oxygens (including phenoxy) is 1. The molecule has 1 amide bonds. The molecule has 1 aromatic heterocycles. The molecule has 0 N–H and O–H groups in total. The van der Waals surface area contributed by atoms with E-state index in [9.17, 15) is 9.59 Å². The van der Waals surface area contributed by atoms with Crippen molar-refractivity contribution in [3.05, 3.63) is 35.6 Å². The van der Waals surface area contributed by atoms with E-state index >= 15 is 0 Å². The van der Waals surface area contributed by atoms with E-state index in [1.165, 1.54) is 0 Å². The second kappa shape index (κ2) is 6.64. The zero-order valence-electron chi connectivity index (χ0n) is 17.2. The SMILES string of the molecule is Cc1ccc2c(CC(=O)OCC(=O)N3C[C@@]4(C)C[C@@H]3CC(C)(C)C4)coc2c1. The van der Waals surface area contributed by atoms with Gasteiger partial charge < -0.3 is 14.1 Å². The number of esters is 1. The summed E-state index contributed by atoms with van der Waals surface area (Å²) in [5, 5.41) is 0.914. The lowest BCUT2D eigenvalue weighted by atomic mass is 9.65. The van der Waals surface area contributed by atoms with Crippen molar-refractivity contribution in [3.8, 4) is 0 Å². The molecule has 2 fully saturated rings. The molecule has 1 saturated carbocycles. The van der Waals surface area contributed by atoms with Gasteiger partial charge in [0, 0.05) is 23.5 Å². The quantitative estimate of drug-likeness (QED) is 0.741. The van der Waals surface area contributed by atoms with E-state index in [1.807, 2.05) is 30.0 Å². The summed E-state index contributed by atoms with van der Waals surface area (Å²) in [5.74, 6) is -0.474. The lowest BCUT2D eigenvalue weighted by Crippen LogP contribution is -2.39. The molecule has 2 atom stereocenters. The lowest BCUT2D eigenvalue weighted by Gasteiger charge is -2.39. The van der Waals surface area contributed by atoms with Crippen LogP contribution in [0.4, 0.5) is 0 Å². The van der Waals surface area contributed by atoms with Gasteiger partial charge in [0.05, 0.1) is 12.7 Å². The third-order valence-corrected chi connectivity index (χ3v) is 6.24. The highest BCUT2D eigenvalue weighted by atomic mass is 16.5. The molecule has 1 saturated heterocycles. The first-order valence-corrected chi connectivity index (χ1v) is 10.1. The van der Waals surface area contributed by atoms with Crippen molar-refractivity contribution >= 4 is 22.8 Å². The van der Waals surface area contributed by atoms with Crippen LogP contribution in [0.2, 0.25) is 0 Å². The van der Waals surface area contributed by atoms with Crippen LogP contribution in [0.15, 0.2) is 28.9 Å². The van der Waals surface area contributed by atoms with Gasteiger partial charge in [-0.15, -0.1) is 0 Å². The molecule has 150 valence electrons. The smallest absolute Gasteiger partial charge is 0.310 e. The highest BCUT2D eigenvalue weighted by molar-refractivity contribution is 5.87. The third kappa shape index (κ3) is 3.67. The van der Waals surface area contributed by atoms with Crippen LogP contribution < -0.4 is 0 Å². The maximum Gasteiger partial charge on any atom is 0.310 e. The number of carbonyl (C=O) groups excluding carboxylic acids is 2. The molecular formula is C23H29NO4. The van der Waals surface area contributed by atoms with Gasteiger partial charge in [-0.05, 0) is 48.6 Å². The van der Waals surface area contributed by atoms with Crippen LogP contribution in [0.25, 0.3) is 11.0 Å². The minimum absolute atomic E-state index is 0.0764. The lowest BCUT2D eigenvalue weighted by molar-refractivity contribution is -0.152. The van der Waals surface area contributed by atoms with Crippen molar-refractivity contribution in [1.82, 2.24) is 4.90 Å². The van der Waals surface area contributed by atoms with E-state index in [2.05, 4.69) is 20.8 Å². The topological polar surface area (TPSA) is 59.8 Å². The Kier molecular flexibility index (Phi) is 4.52. The first kappa shape index (κ1) is 19.0. The van der Waals surface area contributed by atoms with Gasteiger partial charge in [0.25, 0.3) is 5.91 Å². The summed E-state index contributed by atoms with van der Waals surface area (Å²) >= 11 is 0. The molecule has 5 heteroatoms. The van der Waals surface area contributed by atoms with Crippen LogP contribution in [0.1, 0.15) is 51.2 Å². The van der Waals surface area contributed by atoms with E-state index in [1.54, 1.807) is 6.26 Å². The van der Waals surface area contributed by atoms with E-state index in [0.717, 1.165) is 47.9 Å². The molecule has 4 rings (SSSR count). The second-order valence-electron chi connectivity index (χ2n) is 9.83. The highest BCUT2D eigenvalue weighted by Crippen LogP contribution is 2.52. The predicted octanol–water partition coefficient (Wildman–Crippen LogP) is 4.25. The normalized spacial score (nSPS) is 25.9. The van der Waals surface area contributed by atoms with Gasteiger partial charge in [-0.3, -0.25) is 9.59 Å². The zero-order chi connectivity index (χ0) is 20.1. The fourth-order valence-electron chi connectivity index (χ4n) is 5.51. The first-order valence-electron chi connectivity index (χ1n) is 10.1. The Morgan fingerprint density at radius 3 is 2.82 bits per heavy atom. The van der Waals surface area contributed by atoms with Crippen molar-refractivity contribution in [2.24, 2.45) is 10.8 Å². The summed E-state index contributed by atoms with van der Waals surface area (Å²) in [4.78, 5) is 27.0. The first-order chi connectivity index (χ1) is 13.1. The largest absolute Gasteiger partial charge is 0.464 e. The third-order valence-electron chi connectivity index (χ3n) is 6.24. The van der Waals surface area contributed by atoms with Gasteiger partial charge in [0.2, 0.25) is 0 Å². The summed E-state index contributed by atoms with van der Waals surface area (Å²) in [7, 11) is 0. The summed E-state index contributed by atoms with van der Waals surface area (Å²) < 4.78 is 10.9. The van der Waals surface area contributed by atoms with Gasteiger partial charge in [0.15, 0.2) is 6.61 Å². The monoisotopic (exact) mass is 383 g/mol. The van der Waals surface area contributed by atoms with Crippen LogP contribution in [0.3, 0.4) is 0 Å². The number of benzene rings is 1. The van der Waals surface area contributed by atoms with E-state index < -0.39 is 5.97 Å².